The number of thioether (sulfide) groups is 1. The number of likely N-dealkylation sites (tertiary alicyclic amines) is 1. The van der Waals surface area contributed by atoms with E-state index in [1.54, 1.807) is 23.1 Å². The number of sulfonamides is 1. The smallest absolute Gasteiger partial charge is 0.407 e. The minimum Gasteiger partial charge on any atom is -0.466 e. The Kier molecular flexibility index (Phi) is 14.7. The van der Waals surface area contributed by atoms with E-state index in [2.05, 4.69) is 23.9 Å². The highest BCUT2D eigenvalue weighted by atomic mass is 32.2. The topological polar surface area (TPSA) is 131 Å². The van der Waals surface area contributed by atoms with Gasteiger partial charge in [0.05, 0.1) is 11.5 Å². The van der Waals surface area contributed by atoms with Crippen LogP contribution in [0.15, 0.2) is 89.8 Å². The number of rotatable bonds is 17. The van der Waals surface area contributed by atoms with Crippen molar-refractivity contribution in [2.75, 3.05) is 37.7 Å². The zero-order valence-electron chi connectivity index (χ0n) is 29.1. The molecule has 1 saturated heterocycles. The number of amides is 2. The van der Waals surface area contributed by atoms with E-state index in [9.17, 15) is 22.8 Å². The molecule has 0 spiro atoms. The lowest BCUT2D eigenvalue weighted by molar-refractivity contribution is -0.141. The van der Waals surface area contributed by atoms with E-state index in [0.29, 0.717) is 44.3 Å². The molecule has 1 aliphatic heterocycles. The van der Waals surface area contributed by atoms with Gasteiger partial charge in [-0.1, -0.05) is 86.6 Å². The summed E-state index contributed by atoms with van der Waals surface area (Å²) in [6.45, 7) is 7.42. The first-order valence-electron chi connectivity index (χ1n) is 17.1. The zero-order valence-corrected chi connectivity index (χ0v) is 30.8. The molecule has 1 fully saturated rings. The van der Waals surface area contributed by atoms with Gasteiger partial charge in [0, 0.05) is 37.7 Å². The molecule has 0 saturated carbocycles. The fraction of sp³-hybridized carbons (Fsp3) is 0.447. The Morgan fingerprint density at radius 2 is 1.58 bits per heavy atom. The summed E-state index contributed by atoms with van der Waals surface area (Å²) >= 11 is 1.46. The molecule has 10 nitrogen and oxygen atoms in total. The van der Waals surface area contributed by atoms with E-state index in [0.717, 1.165) is 36.0 Å². The van der Waals surface area contributed by atoms with Gasteiger partial charge in [-0.15, -0.1) is 0 Å². The highest BCUT2D eigenvalue weighted by Crippen LogP contribution is 2.32. The number of nitrogens with zero attached hydrogens (tertiary/aromatic N) is 1. The van der Waals surface area contributed by atoms with Gasteiger partial charge in [0.25, 0.3) is 0 Å². The average molecular weight is 724 g/mol. The number of piperidine rings is 1. The van der Waals surface area contributed by atoms with Crippen LogP contribution in [-0.4, -0.2) is 75.1 Å². The summed E-state index contributed by atoms with van der Waals surface area (Å²) in [4.78, 5) is 38.9. The van der Waals surface area contributed by atoms with Gasteiger partial charge in [-0.25, -0.2) is 13.2 Å². The van der Waals surface area contributed by atoms with E-state index < -0.39 is 27.6 Å². The van der Waals surface area contributed by atoms with Crippen molar-refractivity contribution in [2.45, 2.75) is 69.4 Å². The molecular formula is C38H49N3O7S2. The van der Waals surface area contributed by atoms with Crippen LogP contribution in [0.25, 0.3) is 0 Å². The van der Waals surface area contributed by atoms with Crippen LogP contribution in [-0.2, 0) is 41.1 Å². The third-order valence-corrected chi connectivity index (χ3v) is 11.6. The average Bonchev–Trinajstić information content (AvgIpc) is 3.12. The summed E-state index contributed by atoms with van der Waals surface area (Å²) in [5.74, 6) is 0.591. The molecule has 50 heavy (non-hydrogen) atoms. The molecule has 0 radical (unpaired) electrons. The minimum atomic E-state index is -4.06. The van der Waals surface area contributed by atoms with Crippen molar-refractivity contribution in [3.05, 3.63) is 102 Å². The first-order valence-corrected chi connectivity index (χ1v) is 19.7. The van der Waals surface area contributed by atoms with Gasteiger partial charge in [0.15, 0.2) is 0 Å². The SMILES string of the molecule is CC(=O)OCCC1CCN(C(=O)C(CSCCCNC(=O)OCc2ccccc2)NS(=O)(=O)c2cccc(C(C)(C)c3ccccc3)c2)CC1. The van der Waals surface area contributed by atoms with Gasteiger partial charge in [-0.05, 0) is 66.2 Å². The van der Waals surface area contributed by atoms with Crippen LogP contribution >= 0.6 is 11.8 Å². The Labute approximate surface area is 300 Å². The molecule has 0 aliphatic carbocycles. The Balaban J connectivity index is 1.37. The fourth-order valence-corrected chi connectivity index (χ4v) is 8.17. The van der Waals surface area contributed by atoms with E-state index in [4.69, 9.17) is 9.47 Å². The van der Waals surface area contributed by atoms with Gasteiger partial charge in [-0.3, -0.25) is 9.59 Å². The number of hydrogen-bond donors (Lipinski definition) is 2. The van der Waals surface area contributed by atoms with Crippen molar-refractivity contribution in [3.8, 4) is 0 Å². The third kappa shape index (κ3) is 11.9. The summed E-state index contributed by atoms with van der Waals surface area (Å²) in [6.07, 6.45) is 2.35. The van der Waals surface area contributed by atoms with Crippen molar-refractivity contribution in [3.63, 3.8) is 0 Å². The molecule has 0 aromatic heterocycles. The molecule has 4 rings (SSSR count). The molecule has 1 unspecified atom stereocenters. The molecular weight excluding hydrogens is 675 g/mol. The molecule has 1 aliphatic rings. The molecule has 270 valence electrons. The number of hydrogen-bond acceptors (Lipinski definition) is 8. The molecule has 3 aromatic rings. The molecule has 3 aromatic carbocycles. The second kappa shape index (κ2) is 18.9. The molecule has 12 heteroatoms. The van der Waals surface area contributed by atoms with E-state index in [1.807, 2.05) is 66.7 Å². The van der Waals surface area contributed by atoms with Gasteiger partial charge < -0.3 is 19.7 Å². The minimum absolute atomic E-state index is 0.101. The van der Waals surface area contributed by atoms with Gasteiger partial charge >= 0.3 is 12.1 Å². The van der Waals surface area contributed by atoms with Crippen LogP contribution in [0.5, 0.6) is 0 Å². The van der Waals surface area contributed by atoms with E-state index in [-0.39, 0.29) is 29.1 Å². The normalized spacial score (nSPS) is 14.5. The lowest BCUT2D eigenvalue weighted by Crippen LogP contribution is -2.52. The molecule has 2 amide bonds. The quantitative estimate of drug-likeness (QED) is 0.130. The first-order chi connectivity index (χ1) is 24.0. The van der Waals surface area contributed by atoms with Crippen LogP contribution in [0, 0.1) is 5.92 Å². The first kappa shape index (κ1) is 38.9. The lowest BCUT2D eigenvalue weighted by Gasteiger charge is -2.34. The maximum atomic E-state index is 13.9. The number of carbonyl (C=O) groups is 3. The number of ether oxygens (including phenoxy) is 2. The van der Waals surface area contributed by atoms with Crippen LogP contribution < -0.4 is 10.0 Å². The summed E-state index contributed by atoms with van der Waals surface area (Å²) in [6, 6.07) is 25.2. The monoisotopic (exact) mass is 723 g/mol. The largest absolute Gasteiger partial charge is 0.466 e. The van der Waals surface area contributed by atoms with Crippen molar-refractivity contribution >= 4 is 39.8 Å². The summed E-state index contributed by atoms with van der Waals surface area (Å²) in [7, 11) is -4.06. The van der Waals surface area contributed by atoms with Crippen LogP contribution in [0.2, 0.25) is 0 Å². The number of benzene rings is 3. The Hall–Kier alpha value is -3.87. The summed E-state index contributed by atoms with van der Waals surface area (Å²) in [5, 5.41) is 2.74. The van der Waals surface area contributed by atoms with Crippen molar-refractivity contribution in [1.82, 2.24) is 14.9 Å². The van der Waals surface area contributed by atoms with Crippen molar-refractivity contribution in [1.29, 1.82) is 0 Å². The van der Waals surface area contributed by atoms with E-state index >= 15 is 0 Å². The fourth-order valence-electron chi connectivity index (χ4n) is 5.86. The second-order valence-corrected chi connectivity index (χ2v) is 15.9. The van der Waals surface area contributed by atoms with Crippen LogP contribution in [0.4, 0.5) is 4.79 Å². The zero-order chi connectivity index (χ0) is 36.0. The van der Waals surface area contributed by atoms with E-state index in [1.165, 1.54) is 18.7 Å². The number of alkyl carbamates (subject to hydrolysis) is 1. The predicted octanol–water partition coefficient (Wildman–Crippen LogP) is 5.90. The van der Waals surface area contributed by atoms with Gasteiger partial charge in [0.1, 0.15) is 12.6 Å². The molecule has 2 N–H and O–H groups in total. The Morgan fingerprint density at radius 3 is 2.26 bits per heavy atom. The number of nitrogens with one attached hydrogen (secondary N) is 2. The maximum absolute atomic E-state index is 13.9. The second-order valence-electron chi connectivity index (χ2n) is 13.0. The van der Waals surface area contributed by atoms with Gasteiger partial charge in [-0.2, -0.15) is 16.5 Å². The third-order valence-electron chi connectivity index (χ3n) is 8.95. The summed E-state index contributed by atoms with van der Waals surface area (Å²) < 4.78 is 40.8. The van der Waals surface area contributed by atoms with Crippen molar-refractivity contribution in [2.24, 2.45) is 5.92 Å². The molecule has 1 heterocycles. The Bertz CT molecular complexity index is 1650. The maximum Gasteiger partial charge on any atom is 0.407 e. The Morgan fingerprint density at radius 1 is 0.920 bits per heavy atom. The number of carbonyl (C=O) groups excluding carboxylic acids is 3. The number of esters is 1. The highest BCUT2D eigenvalue weighted by Gasteiger charge is 2.32. The van der Waals surface area contributed by atoms with Crippen molar-refractivity contribution < 1.29 is 32.3 Å². The molecule has 0 bridgehead atoms. The molecule has 1 atom stereocenters. The lowest BCUT2D eigenvalue weighted by atomic mass is 9.78. The predicted molar refractivity (Wildman–Crippen MR) is 196 cm³/mol. The van der Waals surface area contributed by atoms with Crippen LogP contribution in [0.3, 0.4) is 0 Å². The van der Waals surface area contributed by atoms with Crippen LogP contribution in [0.1, 0.15) is 63.1 Å². The summed E-state index contributed by atoms with van der Waals surface area (Å²) in [5.41, 5.74) is 2.35. The highest BCUT2D eigenvalue weighted by molar-refractivity contribution is 7.99. The standard InChI is InChI=1S/C38H49N3O7S2/c1-29(42)47-24-20-30-18-22-41(23-19-30)36(43)35(28-49-25-11-21-39-37(44)48-27-31-12-6-4-7-13-31)40-50(45,46)34-17-10-16-33(26-34)38(2,3)32-14-8-5-9-15-32/h4-10,12-17,26,30,35,40H,11,18-25,27-28H2,1-3H3,(H,39,44). The van der Waals surface area contributed by atoms with Gasteiger partial charge in [0.2, 0.25) is 15.9 Å².